The molecule has 0 spiro atoms. The number of fused-ring (bicyclic) bond motifs is 1. The van der Waals surface area contributed by atoms with Crippen molar-refractivity contribution in [2.24, 2.45) is 0 Å². The van der Waals surface area contributed by atoms with Crippen LogP contribution in [0.1, 0.15) is 35.8 Å². The van der Waals surface area contributed by atoms with Gasteiger partial charge in [-0.05, 0) is 23.8 Å². The number of hydrogen-bond acceptors (Lipinski definition) is 3. The van der Waals surface area contributed by atoms with E-state index in [1.165, 1.54) is 6.92 Å². The monoisotopic (exact) mass is 303 g/mol. The van der Waals surface area contributed by atoms with Gasteiger partial charge < -0.3 is 20.4 Å². The van der Waals surface area contributed by atoms with Crippen LogP contribution >= 0.6 is 0 Å². The number of amides is 2. The van der Waals surface area contributed by atoms with E-state index in [-0.39, 0.29) is 17.7 Å². The Balaban J connectivity index is 2.54. The highest BCUT2D eigenvalue weighted by Crippen LogP contribution is 2.31. The number of aromatic nitrogens is 1. The minimum Gasteiger partial charge on any atom is -0.497 e. The molecule has 6 nitrogen and oxygen atoms in total. The minimum absolute atomic E-state index is 0.0166. The number of hydrogen-bond donors (Lipinski definition) is 3. The summed E-state index contributed by atoms with van der Waals surface area (Å²) in [6.45, 7) is 3.92. The second-order valence-electron chi connectivity index (χ2n) is 5.24. The smallest absolute Gasteiger partial charge is 0.267 e. The Hall–Kier alpha value is -2.50. The lowest BCUT2D eigenvalue weighted by Gasteiger charge is -2.14. The average Bonchev–Trinajstić information content (AvgIpc) is 2.90. The summed E-state index contributed by atoms with van der Waals surface area (Å²) in [4.78, 5) is 26.4. The molecule has 1 aromatic heterocycles. The minimum atomic E-state index is -0.181. The van der Waals surface area contributed by atoms with Gasteiger partial charge in [0.25, 0.3) is 5.91 Å². The summed E-state index contributed by atoms with van der Waals surface area (Å²) in [5.74, 6) is 0.436. The quantitative estimate of drug-likeness (QED) is 0.787. The third kappa shape index (κ3) is 3.05. The van der Waals surface area contributed by atoms with Gasteiger partial charge in [0, 0.05) is 37.3 Å². The molecule has 0 unspecified atom stereocenters. The maximum atomic E-state index is 12.1. The van der Waals surface area contributed by atoms with Crippen LogP contribution in [0, 0.1) is 0 Å². The summed E-state index contributed by atoms with van der Waals surface area (Å²) in [6, 6.07) is 5.63. The second-order valence-corrected chi connectivity index (χ2v) is 5.24. The predicted molar refractivity (Wildman–Crippen MR) is 85.3 cm³/mol. The SMILES string of the molecule is CNC(=O)c1[nH]c2ccc(OC)cc2c1[C@H](C)CNC(C)=O. The number of methoxy groups -OCH3 is 1. The number of aromatic amines is 1. The van der Waals surface area contributed by atoms with E-state index in [0.29, 0.717) is 12.2 Å². The zero-order chi connectivity index (χ0) is 16.3. The largest absolute Gasteiger partial charge is 0.497 e. The van der Waals surface area contributed by atoms with E-state index in [1.54, 1.807) is 14.2 Å². The number of H-pyrrole nitrogens is 1. The second kappa shape index (κ2) is 6.51. The first-order valence-electron chi connectivity index (χ1n) is 7.14. The summed E-state index contributed by atoms with van der Waals surface area (Å²) < 4.78 is 5.27. The molecule has 0 aliphatic heterocycles. The molecule has 118 valence electrons. The van der Waals surface area contributed by atoms with Crippen LogP contribution in [0.25, 0.3) is 10.9 Å². The van der Waals surface area contributed by atoms with E-state index >= 15 is 0 Å². The fourth-order valence-electron chi connectivity index (χ4n) is 2.53. The number of benzene rings is 1. The van der Waals surface area contributed by atoms with E-state index in [9.17, 15) is 9.59 Å². The van der Waals surface area contributed by atoms with Crippen molar-refractivity contribution in [2.75, 3.05) is 20.7 Å². The first-order chi connectivity index (χ1) is 10.5. The number of ether oxygens (including phenoxy) is 1. The molecule has 1 aromatic carbocycles. The van der Waals surface area contributed by atoms with Crippen molar-refractivity contribution in [1.29, 1.82) is 0 Å². The van der Waals surface area contributed by atoms with E-state index in [2.05, 4.69) is 15.6 Å². The van der Waals surface area contributed by atoms with Gasteiger partial charge in [0.15, 0.2) is 0 Å². The van der Waals surface area contributed by atoms with Gasteiger partial charge in [-0.15, -0.1) is 0 Å². The average molecular weight is 303 g/mol. The Morgan fingerprint density at radius 3 is 2.68 bits per heavy atom. The van der Waals surface area contributed by atoms with Crippen molar-refractivity contribution in [3.8, 4) is 5.75 Å². The molecule has 6 heteroatoms. The van der Waals surface area contributed by atoms with E-state index in [4.69, 9.17) is 4.74 Å². The molecule has 0 saturated carbocycles. The first-order valence-corrected chi connectivity index (χ1v) is 7.14. The van der Waals surface area contributed by atoms with Gasteiger partial charge in [-0.1, -0.05) is 6.92 Å². The van der Waals surface area contributed by atoms with Crippen molar-refractivity contribution in [1.82, 2.24) is 15.6 Å². The Labute approximate surface area is 129 Å². The summed E-state index contributed by atoms with van der Waals surface area (Å²) in [5.41, 5.74) is 2.26. The highest BCUT2D eigenvalue weighted by molar-refractivity contribution is 6.01. The summed E-state index contributed by atoms with van der Waals surface area (Å²) >= 11 is 0. The molecule has 22 heavy (non-hydrogen) atoms. The summed E-state index contributed by atoms with van der Waals surface area (Å²) in [6.07, 6.45) is 0. The van der Waals surface area contributed by atoms with Gasteiger partial charge in [-0.2, -0.15) is 0 Å². The van der Waals surface area contributed by atoms with Crippen LogP contribution in [0.5, 0.6) is 5.75 Å². The molecule has 0 aliphatic carbocycles. The van der Waals surface area contributed by atoms with Gasteiger partial charge in [-0.25, -0.2) is 0 Å². The fourth-order valence-corrected chi connectivity index (χ4v) is 2.53. The van der Waals surface area contributed by atoms with Crippen LogP contribution < -0.4 is 15.4 Å². The Morgan fingerprint density at radius 2 is 2.09 bits per heavy atom. The fraction of sp³-hybridized carbons (Fsp3) is 0.375. The van der Waals surface area contributed by atoms with E-state index in [0.717, 1.165) is 22.2 Å². The summed E-state index contributed by atoms with van der Waals surface area (Å²) in [5, 5.41) is 6.36. The molecule has 0 saturated heterocycles. The van der Waals surface area contributed by atoms with Crippen LogP contribution in [0.4, 0.5) is 0 Å². The molecule has 2 aromatic rings. The van der Waals surface area contributed by atoms with Crippen molar-refractivity contribution in [3.05, 3.63) is 29.5 Å². The number of carbonyl (C=O) groups excluding carboxylic acids is 2. The molecule has 2 amide bonds. The molecule has 0 fully saturated rings. The molecule has 1 atom stereocenters. The van der Waals surface area contributed by atoms with Gasteiger partial charge in [0.05, 0.1) is 7.11 Å². The maximum absolute atomic E-state index is 12.1. The normalized spacial score (nSPS) is 12.0. The lowest BCUT2D eigenvalue weighted by atomic mass is 9.97. The van der Waals surface area contributed by atoms with E-state index < -0.39 is 0 Å². The lowest BCUT2D eigenvalue weighted by molar-refractivity contribution is -0.119. The first kappa shape index (κ1) is 15.9. The highest BCUT2D eigenvalue weighted by Gasteiger charge is 2.22. The Kier molecular flexibility index (Phi) is 4.70. The maximum Gasteiger partial charge on any atom is 0.267 e. The number of rotatable bonds is 5. The van der Waals surface area contributed by atoms with Gasteiger partial charge in [0.1, 0.15) is 11.4 Å². The highest BCUT2D eigenvalue weighted by atomic mass is 16.5. The third-order valence-electron chi connectivity index (χ3n) is 3.65. The standard InChI is InChI=1S/C16H21N3O3/c1-9(8-18-10(2)20)14-12-7-11(22-4)5-6-13(12)19-15(14)16(21)17-3/h5-7,9,19H,8H2,1-4H3,(H,17,21)(H,18,20)/t9-/m1/s1. The molecule has 3 N–H and O–H groups in total. The molecular formula is C16H21N3O3. The molecule has 0 bridgehead atoms. The van der Waals surface area contributed by atoms with Crippen molar-refractivity contribution >= 4 is 22.7 Å². The van der Waals surface area contributed by atoms with Gasteiger partial charge in [0.2, 0.25) is 5.91 Å². The zero-order valence-electron chi connectivity index (χ0n) is 13.2. The van der Waals surface area contributed by atoms with Gasteiger partial charge >= 0.3 is 0 Å². The molecule has 0 radical (unpaired) electrons. The third-order valence-corrected chi connectivity index (χ3v) is 3.65. The Morgan fingerprint density at radius 1 is 1.36 bits per heavy atom. The van der Waals surface area contributed by atoms with Crippen molar-refractivity contribution in [2.45, 2.75) is 19.8 Å². The summed E-state index contributed by atoms with van der Waals surface area (Å²) in [7, 11) is 3.20. The van der Waals surface area contributed by atoms with Crippen LogP contribution in [0.2, 0.25) is 0 Å². The predicted octanol–water partition coefficient (Wildman–Crippen LogP) is 1.78. The van der Waals surface area contributed by atoms with Crippen LogP contribution in [-0.2, 0) is 4.79 Å². The molecule has 0 aliphatic rings. The van der Waals surface area contributed by atoms with Crippen molar-refractivity contribution < 1.29 is 14.3 Å². The van der Waals surface area contributed by atoms with Crippen molar-refractivity contribution in [3.63, 3.8) is 0 Å². The Bertz CT molecular complexity index is 706. The van der Waals surface area contributed by atoms with Gasteiger partial charge in [-0.3, -0.25) is 9.59 Å². The van der Waals surface area contributed by atoms with Crippen LogP contribution in [0.3, 0.4) is 0 Å². The molecular weight excluding hydrogens is 282 g/mol. The topological polar surface area (TPSA) is 83.2 Å². The lowest BCUT2D eigenvalue weighted by Crippen LogP contribution is -2.26. The molecule has 1 heterocycles. The van der Waals surface area contributed by atoms with Crippen LogP contribution in [0.15, 0.2) is 18.2 Å². The molecule has 2 rings (SSSR count). The zero-order valence-corrected chi connectivity index (χ0v) is 13.2. The van der Waals surface area contributed by atoms with Crippen LogP contribution in [-0.4, -0.2) is 37.5 Å². The number of carbonyl (C=O) groups is 2. The van der Waals surface area contributed by atoms with E-state index in [1.807, 2.05) is 25.1 Å². The number of nitrogens with one attached hydrogen (secondary N) is 3.